The number of rotatable bonds is 1. The second-order valence-corrected chi connectivity index (χ2v) is 8.10. The van der Waals surface area contributed by atoms with Gasteiger partial charge in [-0.2, -0.15) is 0 Å². The van der Waals surface area contributed by atoms with Crippen molar-refractivity contribution in [3.8, 4) is 0 Å². The van der Waals surface area contributed by atoms with Crippen molar-refractivity contribution in [2.45, 2.75) is 71.7 Å². The summed E-state index contributed by atoms with van der Waals surface area (Å²) in [6, 6.07) is 0. The summed E-state index contributed by atoms with van der Waals surface area (Å²) in [5.41, 5.74) is 1.31. The first-order chi connectivity index (χ1) is 9.67. The van der Waals surface area contributed by atoms with Gasteiger partial charge >= 0.3 is 0 Å². The summed E-state index contributed by atoms with van der Waals surface area (Å²) >= 11 is 0. The SMILES string of the molecule is CC1=CC(=O)C[C@@H](C)[C@@]12CC[C@@H]([C@@]1(C)COC(C)(C)O1)C2. The van der Waals surface area contributed by atoms with Crippen molar-refractivity contribution in [1.29, 1.82) is 0 Å². The van der Waals surface area contributed by atoms with Gasteiger partial charge in [0.05, 0.1) is 12.2 Å². The van der Waals surface area contributed by atoms with Crippen LogP contribution in [-0.2, 0) is 14.3 Å². The highest BCUT2D eigenvalue weighted by atomic mass is 16.8. The summed E-state index contributed by atoms with van der Waals surface area (Å²) in [4.78, 5) is 11.8. The topological polar surface area (TPSA) is 35.5 Å². The summed E-state index contributed by atoms with van der Waals surface area (Å²) in [5.74, 6) is 0.780. The van der Waals surface area contributed by atoms with Crippen LogP contribution in [0.2, 0.25) is 0 Å². The van der Waals surface area contributed by atoms with Crippen LogP contribution < -0.4 is 0 Å². The Morgan fingerprint density at radius 3 is 2.57 bits per heavy atom. The van der Waals surface area contributed by atoms with E-state index in [-0.39, 0.29) is 11.0 Å². The average Bonchev–Trinajstić information content (AvgIpc) is 2.91. The Morgan fingerprint density at radius 2 is 2.00 bits per heavy atom. The van der Waals surface area contributed by atoms with Crippen LogP contribution in [0.5, 0.6) is 0 Å². The Kier molecular flexibility index (Phi) is 3.38. The highest BCUT2D eigenvalue weighted by Crippen LogP contribution is 2.58. The molecular weight excluding hydrogens is 264 g/mol. The summed E-state index contributed by atoms with van der Waals surface area (Å²) in [6.07, 6.45) is 6.05. The first kappa shape index (κ1) is 15.2. The van der Waals surface area contributed by atoms with Crippen LogP contribution in [0.4, 0.5) is 0 Å². The van der Waals surface area contributed by atoms with Crippen molar-refractivity contribution < 1.29 is 14.3 Å². The number of ether oxygens (including phenoxy) is 2. The van der Waals surface area contributed by atoms with Gasteiger partial charge in [-0.05, 0) is 70.3 Å². The van der Waals surface area contributed by atoms with Crippen molar-refractivity contribution in [2.24, 2.45) is 17.3 Å². The summed E-state index contributed by atoms with van der Waals surface area (Å²) in [6.45, 7) is 11.3. The van der Waals surface area contributed by atoms with Gasteiger partial charge in [0.25, 0.3) is 0 Å². The maximum atomic E-state index is 11.8. The van der Waals surface area contributed by atoms with Crippen LogP contribution in [0.15, 0.2) is 11.6 Å². The molecule has 0 radical (unpaired) electrons. The zero-order chi connectivity index (χ0) is 15.5. The van der Waals surface area contributed by atoms with Crippen LogP contribution in [0, 0.1) is 17.3 Å². The van der Waals surface area contributed by atoms with Crippen LogP contribution in [0.25, 0.3) is 0 Å². The fourth-order valence-electron chi connectivity index (χ4n) is 4.87. The van der Waals surface area contributed by atoms with Gasteiger partial charge in [-0.1, -0.05) is 12.5 Å². The van der Waals surface area contributed by atoms with E-state index in [0.717, 1.165) is 6.42 Å². The van der Waals surface area contributed by atoms with Gasteiger partial charge in [-0.25, -0.2) is 0 Å². The van der Waals surface area contributed by atoms with E-state index in [1.807, 2.05) is 19.9 Å². The lowest BCUT2D eigenvalue weighted by Gasteiger charge is -2.41. The Labute approximate surface area is 128 Å². The number of carbonyl (C=O) groups excluding carboxylic acids is 1. The molecule has 0 bridgehead atoms. The summed E-state index contributed by atoms with van der Waals surface area (Å²) in [5, 5.41) is 0. The predicted octanol–water partition coefficient (Wildman–Crippen LogP) is 3.87. The second kappa shape index (κ2) is 4.66. The van der Waals surface area contributed by atoms with Gasteiger partial charge < -0.3 is 9.47 Å². The molecule has 118 valence electrons. The van der Waals surface area contributed by atoms with Gasteiger partial charge in [0.2, 0.25) is 0 Å². The largest absolute Gasteiger partial charge is 0.348 e. The highest BCUT2D eigenvalue weighted by Gasteiger charge is 2.55. The highest BCUT2D eigenvalue weighted by molar-refractivity contribution is 5.91. The van der Waals surface area contributed by atoms with Gasteiger partial charge in [-0.3, -0.25) is 4.79 Å². The molecule has 0 aromatic rings. The molecule has 0 amide bonds. The molecule has 3 nitrogen and oxygen atoms in total. The minimum Gasteiger partial charge on any atom is -0.348 e. The molecular formula is C18H28O3. The van der Waals surface area contributed by atoms with E-state index in [1.165, 1.54) is 18.4 Å². The standard InChI is InChI=1S/C18H28O3/c1-12-8-15(19)9-13(2)18(12)7-6-14(10-18)17(5)11-20-16(3,4)21-17/h8,13-14H,6-7,9-11H2,1-5H3/t13-,14-,17-,18-/m1/s1. The Morgan fingerprint density at radius 1 is 1.29 bits per heavy atom. The number of hydrogen-bond donors (Lipinski definition) is 0. The molecule has 3 aliphatic rings. The molecule has 1 aliphatic heterocycles. The van der Waals surface area contributed by atoms with Crippen LogP contribution >= 0.6 is 0 Å². The third kappa shape index (κ3) is 2.39. The van der Waals surface area contributed by atoms with E-state index in [4.69, 9.17) is 9.47 Å². The fourth-order valence-corrected chi connectivity index (χ4v) is 4.87. The lowest BCUT2D eigenvalue weighted by atomic mass is 9.64. The van der Waals surface area contributed by atoms with E-state index in [0.29, 0.717) is 30.6 Å². The maximum Gasteiger partial charge on any atom is 0.163 e. The smallest absolute Gasteiger partial charge is 0.163 e. The Hall–Kier alpha value is -0.670. The quantitative estimate of drug-likeness (QED) is 0.736. The second-order valence-electron chi connectivity index (χ2n) is 8.10. The molecule has 0 N–H and O–H groups in total. The lowest BCUT2D eigenvalue weighted by Crippen LogP contribution is -2.40. The van der Waals surface area contributed by atoms with Crippen molar-refractivity contribution in [3.63, 3.8) is 0 Å². The molecule has 21 heavy (non-hydrogen) atoms. The van der Waals surface area contributed by atoms with E-state index in [9.17, 15) is 4.79 Å². The van der Waals surface area contributed by atoms with Crippen LogP contribution in [0.1, 0.15) is 60.3 Å². The molecule has 1 saturated carbocycles. The zero-order valence-electron chi connectivity index (χ0n) is 14.0. The molecule has 0 aromatic carbocycles. The lowest BCUT2D eigenvalue weighted by molar-refractivity contribution is -0.168. The van der Waals surface area contributed by atoms with Crippen molar-refractivity contribution in [2.75, 3.05) is 6.61 Å². The zero-order valence-corrected chi connectivity index (χ0v) is 14.0. The molecule has 2 aliphatic carbocycles. The Balaban J connectivity index is 1.82. The van der Waals surface area contributed by atoms with Crippen molar-refractivity contribution in [1.82, 2.24) is 0 Å². The third-order valence-corrected chi connectivity index (χ3v) is 6.21. The minimum absolute atomic E-state index is 0.186. The van der Waals surface area contributed by atoms with Gasteiger partial charge in [0, 0.05) is 6.42 Å². The first-order valence-electron chi connectivity index (χ1n) is 8.23. The molecule has 1 heterocycles. The molecule has 3 rings (SSSR count). The molecule has 1 saturated heterocycles. The van der Waals surface area contributed by atoms with Crippen molar-refractivity contribution in [3.05, 3.63) is 11.6 Å². The summed E-state index contributed by atoms with van der Waals surface area (Å²) < 4.78 is 12.1. The summed E-state index contributed by atoms with van der Waals surface area (Å²) in [7, 11) is 0. The number of ketones is 1. The number of hydrogen-bond acceptors (Lipinski definition) is 3. The average molecular weight is 292 g/mol. The van der Waals surface area contributed by atoms with Crippen molar-refractivity contribution >= 4 is 5.78 Å². The van der Waals surface area contributed by atoms with Crippen LogP contribution in [0.3, 0.4) is 0 Å². The maximum absolute atomic E-state index is 11.8. The van der Waals surface area contributed by atoms with Gasteiger partial charge in [0.1, 0.15) is 0 Å². The first-order valence-corrected chi connectivity index (χ1v) is 8.23. The normalized spacial score (nSPS) is 46.1. The number of carbonyl (C=O) groups is 1. The Bertz CT molecular complexity index is 493. The van der Waals surface area contributed by atoms with Gasteiger partial charge in [-0.15, -0.1) is 0 Å². The molecule has 2 fully saturated rings. The monoisotopic (exact) mass is 292 g/mol. The fraction of sp³-hybridized carbons (Fsp3) is 0.833. The minimum atomic E-state index is -0.469. The van der Waals surface area contributed by atoms with Crippen LogP contribution in [-0.4, -0.2) is 23.8 Å². The third-order valence-electron chi connectivity index (χ3n) is 6.21. The molecule has 3 heteroatoms. The molecule has 1 spiro atoms. The van der Waals surface area contributed by atoms with E-state index >= 15 is 0 Å². The van der Waals surface area contributed by atoms with E-state index in [1.54, 1.807) is 0 Å². The predicted molar refractivity (Wildman–Crippen MR) is 81.8 cm³/mol. The van der Waals surface area contributed by atoms with E-state index in [2.05, 4.69) is 20.8 Å². The number of allylic oxidation sites excluding steroid dienone is 2. The molecule has 4 atom stereocenters. The van der Waals surface area contributed by atoms with E-state index < -0.39 is 5.79 Å². The molecule has 0 aromatic heterocycles. The molecule has 0 unspecified atom stereocenters. The van der Waals surface area contributed by atoms with Gasteiger partial charge in [0.15, 0.2) is 11.6 Å².